The zero-order valence-corrected chi connectivity index (χ0v) is 12.0. The van der Waals surface area contributed by atoms with Crippen LogP contribution in [0.25, 0.3) is 0 Å². The number of carbonyl (C=O) groups is 1. The van der Waals surface area contributed by atoms with Crippen LogP contribution in [0.15, 0.2) is 35.0 Å². The molecule has 112 valence electrons. The number of carbonyl (C=O) groups excluding carboxylic acids is 1. The van der Waals surface area contributed by atoms with Crippen molar-refractivity contribution in [3.05, 3.63) is 52.2 Å². The number of anilines is 1. The van der Waals surface area contributed by atoms with Crippen molar-refractivity contribution in [2.45, 2.75) is 12.5 Å². The second-order valence-electron chi connectivity index (χ2n) is 4.69. The molecule has 2 rings (SSSR count). The summed E-state index contributed by atoms with van der Waals surface area (Å²) in [7, 11) is 0. The Balaban J connectivity index is 1.95. The summed E-state index contributed by atoms with van der Waals surface area (Å²) in [5.41, 5.74) is -0.829. The van der Waals surface area contributed by atoms with Gasteiger partial charge in [-0.25, -0.2) is 13.6 Å². The molecule has 2 amide bonds. The molecule has 0 bridgehead atoms. The largest absolute Gasteiger partial charge is 0.384 e. The number of rotatable bonds is 4. The molecule has 0 aliphatic heterocycles. The van der Waals surface area contributed by atoms with Crippen LogP contribution in [0.1, 0.15) is 12.5 Å². The van der Waals surface area contributed by atoms with Crippen LogP contribution in [0.2, 0.25) is 0 Å². The van der Waals surface area contributed by atoms with Crippen LogP contribution in [-0.4, -0.2) is 17.7 Å². The summed E-state index contributed by atoms with van der Waals surface area (Å²) < 4.78 is 26.4. The van der Waals surface area contributed by atoms with E-state index in [1.807, 2.05) is 5.38 Å². The number of aliphatic hydroxyl groups is 1. The van der Waals surface area contributed by atoms with Crippen molar-refractivity contribution >= 4 is 23.1 Å². The molecular weight excluding hydrogens is 298 g/mol. The maximum Gasteiger partial charge on any atom is 0.319 e. The van der Waals surface area contributed by atoms with E-state index in [1.54, 1.807) is 18.4 Å². The highest BCUT2D eigenvalue weighted by Gasteiger charge is 2.24. The molecule has 0 saturated heterocycles. The number of urea groups is 1. The smallest absolute Gasteiger partial charge is 0.319 e. The second-order valence-corrected chi connectivity index (χ2v) is 5.47. The molecule has 1 aromatic carbocycles. The van der Waals surface area contributed by atoms with Gasteiger partial charge in [-0.15, -0.1) is 0 Å². The van der Waals surface area contributed by atoms with Gasteiger partial charge in [-0.05, 0) is 41.4 Å². The molecule has 3 N–H and O–H groups in total. The highest BCUT2D eigenvalue weighted by molar-refractivity contribution is 7.08. The lowest BCUT2D eigenvalue weighted by atomic mass is 9.99. The van der Waals surface area contributed by atoms with E-state index in [9.17, 15) is 18.7 Å². The second kappa shape index (κ2) is 6.19. The van der Waals surface area contributed by atoms with Crippen LogP contribution >= 0.6 is 11.3 Å². The molecule has 7 heteroatoms. The molecule has 21 heavy (non-hydrogen) atoms. The summed E-state index contributed by atoms with van der Waals surface area (Å²) in [5, 5.41) is 18.4. The van der Waals surface area contributed by atoms with Gasteiger partial charge in [-0.3, -0.25) is 0 Å². The van der Waals surface area contributed by atoms with Crippen molar-refractivity contribution in [3.8, 4) is 0 Å². The monoisotopic (exact) mass is 312 g/mol. The average Bonchev–Trinajstić information content (AvgIpc) is 2.97. The van der Waals surface area contributed by atoms with Gasteiger partial charge in [-0.2, -0.15) is 11.3 Å². The van der Waals surface area contributed by atoms with Crippen LogP contribution < -0.4 is 10.6 Å². The van der Waals surface area contributed by atoms with Gasteiger partial charge in [0.1, 0.15) is 5.60 Å². The Morgan fingerprint density at radius 3 is 2.81 bits per heavy atom. The molecule has 2 aromatic rings. The van der Waals surface area contributed by atoms with Crippen molar-refractivity contribution in [2.75, 3.05) is 11.9 Å². The fraction of sp³-hybridized carbons (Fsp3) is 0.214. The summed E-state index contributed by atoms with van der Waals surface area (Å²) in [6, 6.07) is 4.51. The molecule has 1 heterocycles. The third-order valence-electron chi connectivity index (χ3n) is 2.94. The van der Waals surface area contributed by atoms with Gasteiger partial charge in [0.25, 0.3) is 0 Å². The fourth-order valence-corrected chi connectivity index (χ4v) is 2.48. The summed E-state index contributed by atoms with van der Waals surface area (Å²) in [5.74, 6) is -2.17. The van der Waals surface area contributed by atoms with Crippen molar-refractivity contribution in [1.29, 1.82) is 0 Å². The van der Waals surface area contributed by atoms with Crippen LogP contribution in [0.4, 0.5) is 19.3 Å². The Morgan fingerprint density at radius 1 is 1.38 bits per heavy atom. The maximum atomic E-state index is 13.4. The SMILES string of the molecule is CC(O)(CNC(=O)Nc1cccc(F)c1F)c1ccsc1. The summed E-state index contributed by atoms with van der Waals surface area (Å²) in [4.78, 5) is 11.7. The third-order valence-corrected chi connectivity index (χ3v) is 3.62. The highest BCUT2D eigenvalue weighted by atomic mass is 32.1. The molecule has 0 aliphatic carbocycles. The lowest BCUT2D eigenvalue weighted by molar-refractivity contribution is 0.0604. The van der Waals surface area contributed by atoms with E-state index < -0.39 is 23.3 Å². The van der Waals surface area contributed by atoms with Gasteiger partial charge in [0.05, 0.1) is 12.2 Å². The average molecular weight is 312 g/mol. The Hall–Kier alpha value is -1.99. The van der Waals surface area contributed by atoms with E-state index in [1.165, 1.54) is 23.5 Å². The Morgan fingerprint density at radius 2 is 2.14 bits per heavy atom. The van der Waals surface area contributed by atoms with E-state index in [4.69, 9.17) is 0 Å². The van der Waals surface area contributed by atoms with E-state index in [-0.39, 0.29) is 12.2 Å². The Bertz CT molecular complexity index is 630. The summed E-state index contributed by atoms with van der Waals surface area (Å²) >= 11 is 1.43. The van der Waals surface area contributed by atoms with Gasteiger partial charge in [0, 0.05) is 0 Å². The number of halogens is 2. The van der Waals surface area contributed by atoms with E-state index in [0.717, 1.165) is 6.07 Å². The number of hydrogen-bond donors (Lipinski definition) is 3. The molecule has 0 spiro atoms. The van der Waals surface area contributed by atoms with Gasteiger partial charge in [-0.1, -0.05) is 6.07 Å². The maximum absolute atomic E-state index is 13.4. The Kier molecular flexibility index (Phi) is 4.54. The molecule has 1 unspecified atom stereocenters. The predicted molar refractivity (Wildman–Crippen MR) is 77.3 cm³/mol. The van der Waals surface area contributed by atoms with Crippen molar-refractivity contribution in [3.63, 3.8) is 0 Å². The highest BCUT2D eigenvalue weighted by Crippen LogP contribution is 2.22. The van der Waals surface area contributed by atoms with Gasteiger partial charge >= 0.3 is 6.03 Å². The first-order chi connectivity index (χ1) is 9.90. The molecule has 1 aromatic heterocycles. The lowest BCUT2D eigenvalue weighted by Gasteiger charge is -2.22. The molecule has 0 aliphatic rings. The predicted octanol–water partition coefficient (Wildman–Crippen LogP) is 3.06. The van der Waals surface area contributed by atoms with Gasteiger partial charge in [0.15, 0.2) is 11.6 Å². The minimum Gasteiger partial charge on any atom is -0.384 e. The zero-order chi connectivity index (χ0) is 15.5. The van der Waals surface area contributed by atoms with E-state index >= 15 is 0 Å². The molecule has 0 saturated carbocycles. The first kappa shape index (κ1) is 15.4. The minimum atomic E-state index is -1.24. The summed E-state index contributed by atoms with van der Waals surface area (Å²) in [6.45, 7) is 1.49. The van der Waals surface area contributed by atoms with Crippen LogP contribution in [-0.2, 0) is 5.60 Å². The molecule has 4 nitrogen and oxygen atoms in total. The lowest BCUT2D eigenvalue weighted by Crippen LogP contribution is -2.40. The Labute approximate surface area is 124 Å². The van der Waals surface area contributed by atoms with Crippen LogP contribution in [0.3, 0.4) is 0 Å². The molecule has 1 atom stereocenters. The number of hydrogen-bond acceptors (Lipinski definition) is 3. The minimum absolute atomic E-state index is 0.0630. The van der Waals surface area contributed by atoms with Gasteiger partial charge < -0.3 is 15.7 Å². The topological polar surface area (TPSA) is 61.4 Å². The molecule has 0 fully saturated rings. The fourth-order valence-electron chi connectivity index (χ4n) is 1.69. The van der Waals surface area contributed by atoms with E-state index in [0.29, 0.717) is 5.56 Å². The molecular formula is C14H14F2N2O2S. The quantitative estimate of drug-likeness (QED) is 0.812. The van der Waals surface area contributed by atoms with Crippen LogP contribution in [0, 0.1) is 11.6 Å². The molecule has 0 radical (unpaired) electrons. The normalized spacial score (nSPS) is 13.5. The first-order valence-corrected chi connectivity index (χ1v) is 7.08. The third kappa shape index (κ3) is 3.77. The standard InChI is InChI=1S/C14H14F2N2O2S/c1-14(20,9-5-6-21-7-9)8-17-13(19)18-11-4-2-3-10(15)12(11)16/h2-7,20H,8H2,1H3,(H2,17,18,19). The van der Waals surface area contributed by atoms with E-state index in [2.05, 4.69) is 10.6 Å². The van der Waals surface area contributed by atoms with Crippen LogP contribution in [0.5, 0.6) is 0 Å². The van der Waals surface area contributed by atoms with Crippen molar-refractivity contribution in [2.24, 2.45) is 0 Å². The van der Waals surface area contributed by atoms with Crippen molar-refractivity contribution < 1.29 is 18.7 Å². The zero-order valence-electron chi connectivity index (χ0n) is 11.2. The number of benzene rings is 1. The number of nitrogens with one attached hydrogen (secondary N) is 2. The summed E-state index contributed by atoms with van der Waals surface area (Å²) in [6.07, 6.45) is 0. The number of amides is 2. The van der Waals surface area contributed by atoms with Crippen molar-refractivity contribution in [1.82, 2.24) is 5.32 Å². The van der Waals surface area contributed by atoms with Gasteiger partial charge in [0.2, 0.25) is 0 Å². The number of thiophene rings is 1. The first-order valence-electron chi connectivity index (χ1n) is 6.14.